The average molecular weight is 512 g/mol. The number of fused-ring (bicyclic) bond motifs is 1. The molecule has 1 aromatic carbocycles. The SMILES string of the molecule is CCC(=O)N[C@H]1C[C@@H](F)[C@H](NC(=O)c2c(C)[nH]c3c(-c4c(OCC5CC5)ccc(C)c4F)ncnc23)C1. The maximum Gasteiger partial charge on any atom is 0.255 e. The third kappa shape index (κ3) is 5.01. The van der Waals surface area contributed by atoms with Crippen LogP contribution in [0.15, 0.2) is 18.5 Å². The van der Waals surface area contributed by atoms with Crippen molar-refractivity contribution in [3.63, 3.8) is 0 Å². The monoisotopic (exact) mass is 511 g/mol. The highest BCUT2D eigenvalue weighted by molar-refractivity contribution is 6.09. The van der Waals surface area contributed by atoms with Crippen molar-refractivity contribution >= 4 is 22.8 Å². The van der Waals surface area contributed by atoms with E-state index >= 15 is 4.39 Å². The number of halogens is 2. The summed E-state index contributed by atoms with van der Waals surface area (Å²) in [5.41, 5.74) is 2.44. The van der Waals surface area contributed by atoms with E-state index in [2.05, 4.69) is 25.6 Å². The average Bonchev–Trinajstić information content (AvgIpc) is 3.55. The molecule has 0 spiro atoms. The molecule has 0 unspecified atom stereocenters. The third-order valence-corrected chi connectivity index (χ3v) is 7.19. The topological polar surface area (TPSA) is 109 Å². The van der Waals surface area contributed by atoms with Crippen molar-refractivity contribution in [1.29, 1.82) is 0 Å². The fraction of sp³-hybridized carbons (Fsp3) is 0.481. The summed E-state index contributed by atoms with van der Waals surface area (Å²) in [5.74, 6) is -0.212. The number of hydrogen-bond donors (Lipinski definition) is 3. The number of benzene rings is 1. The predicted octanol–water partition coefficient (Wildman–Crippen LogP) is 4.29. The van der Waals surface area contributed by atoms with Gasteiger partial charge in [-0.3, -0.25) is 9.59 Å². The highest BCUT2D eigenvalue weighted by Gasteiger charge is 2.37. The third-order valence-electron chi connectivity index (χ3n) is 7.19. The van der Waals surface area contributed by atoms with E-state index in [1.165, 1.54) is 6.33 Å². The van der Waals surface area contributed by atoms with Gasteiger partial charge in [-0.2, -0.15) is 0 Å². The Morgan fingerprint density at radius 3 is 2.68 bits per heavy atom. The van der Waals surface area contributed by atoms with E-state index in [0.717, 1.165) is 12.8 Å². The number of rotatable bonds is 8. The van der Waals surface area contributed by atoms with Gasteiger partial charge in [-0.05, 0) is 50.7 Å². The van der Waals surface area contributed by atoms with Crippen LogP contribution in [0.2, 0.25) is 0 Å². The van der Waals surface area contributed by atoms with Gasteiger partial charge in [0, 0.05) is 24.6 Å². The molecular formula is C27H31F2N5O3. The molecule has 2 heterocycles. The summed E-state index contributed by atoms with van der Waals surface area (Å²) >= 11 is 0. The Hall–Kier alpha value is -3.56. The Kier molecular flexibility index (Phi) is 6.83. The van der Waals surface area contributed by atoms with E-state index in [9.17, 15) is 14.0 Å². The molecule has 3 aromatic rings. The van der Waals surface area contributed by atoms with Gasteiger partial charge in [0.15, 0.2) is 0 Å². The number of alkyl halides is 1. The molecule has 5 rings (SSSR count). The molecule has 2 aromatic heterocycles. The highest BCUT2D eigenvalue weighted by Crippen LogP contribution is 2.39. The largest absolute Gasteiger partial charge is 0.492 e. The second-order valence-electron chi connectivity index (χ2n) is 10.1. The number of ether oxygens (including phenoxy) is 1. The van der Waals surface area contributed by atoms with Crippen molar-refractivity contribution in [3.05, 3.63) is 41.1 Å². The molecule has 3 atom stereocenters. The molecule has 37 heavy (non-hydrogen) atoms. The number of aryl methyl sites for hydroxylation is 2. The quantitative estimate of drug-likeness (QED) is 0.418. The Morgan fingerprint density at radius 2 is 1.95 bits per heavy atom. The van der Waals surface area contributed by atoms with Crippen LogP contribution in [0.3, 0.4) is 0 Å². The van der Waals surface area contributed by atoms with Crippen molar-refractivity contribution in [3.8, 4) is 17.0 Å². The summed E-state index contributed by atoms with van der Waals surface area (Å²) in [6, 6.07) is 2.34. The van der Waals surface area contributed by atoms with Crippen LogP contribution >= 0.6 is 0 Å². The normalized spacial score (nSPS) is 21.3. The number of carbonyl (C=O) groups excluding carboxylic acids is 2. The van der Waals surface area contributed by atoms with Crippen molar-refractivity contribution in [2.45, 2.75) is 71.1 Å². The molecule has 2 saturated carbocycles. The van der Waals surface area contributed by atoms with Crippen molar-refractivity contribution in [1.82, 2.24) is 25.6 Å². The van der Waals surface area contributed by atoms with E-state index in [4.69, 9.17) is 4.74 Å². The van der Waals surface area contributed by atoms with Gasteiger partial charge < -0.3 is 20.4 Å². The fourth-order valence-corrected chi connectivity index (χ4v) is 4.91. The number of nitrogens with zero attached hydrogens (tertiary/aromatic N) is 2. The van der Waals surface area contributed by atoms with Crippen molar-refractivity contribution in [2.75, 3.05) is 6.61 Å². The summed E-state index contributed by atoms with van der Waals surface area (Å²) in [7, 11) is 0. The first-order chi connectivity index (χ1) is 17.8. The molecule has 2 aliphatic rings. The first kappa shape index (κ1) is 25.1. The van der Waals surface area contributed by atoms with E-state index in [-0.39, 0.29) is 29.5 Å². The number of H-pyrrole nitrogens is 1. The molecule has 196 valence electrons. The van der Waals surface area contributed by atoms with Gasteiger partial charge in [-0.15, -0.1) is 0 Å². The van der Waals surface area contributed by atoms with Crippen LogP contribution in [0.1, 0.15) is 60.6 Å². The molecule has 3 N–H and O–H groups in total. The van der Waals surface area contributed by atoms with Gasteiger partial charge in [0.1, 0.15) is 35.3 Å². The lowest BCUT2D eigenvalue weighted by Gasteiger charge is -2.15. The van der Waals surface area contributed by atoms with E-state index in [0.29, 0.717) is 59.1 Å². The molecule has 0 bridgehead atoms. The Bertz CT molecular complexity index is 1350. The second-order valence-corrected chi connectivity index (χ2v) is 10.1. The van der Waals surface area contributed by atoms with Crippen LogP contribution in [-0.2, 0) is 4.79 Å². The lowest BCUT2D eigenvalue weighted by atomic mass is 10.0. The molecule has 2 amide bonds. The highest BCUT2D eigenvalue weighted by atomic mass is 19.1. The molecule has 0 radical (unpaired) electrons. The number of nitrogens with one attached hydrogen (secondary N) is 3. The first-order valence-electron chi connectivity index (χ1n) is 12.8. The van der Waals surface area contributed by atoms with Gasteiger partial charge >= 0.3 is 0 Å². The lowest BCUT2D eigenvalue weighted by molar-refractivity contribution is -0.121. The number of carbonyl (C=O) groups is 2. The van der Waals surface area contributed by atoms with Crippen LogP contribution in [0, 0.1) is 25.6 Å². The van der Waals surface area contributed by atoms with Gasteiger partial charge in [-0.25, -0.2) is 18.7 Å². The summed E-state index contributed by atoms with van der Waals surface area (Å²) in [6.07, 6.45) is 2.97. The number of amides is 2. The van der Waals surface area contributed by atoms with Gasteiger partial charge in [0.2, 0.25) is 5.91 Å². The van der Waals surface area contributed by atoms with Crippen molar-refractivity contribution < 1.29 is 23.1 Å². The zero-order valence-electron chi connectivity index (χ0n) is 21.2. The molecule has 2 fully saturated rings. The zero-order valence-corrected chi connectivity index (χ0v) is 21.2. The maximum atomic E-state index is 15.4. The van der Waals surface area contributed by atoms with Crippen LogP contribution < -0.4 is 15.4 Å². The van der Waals surface area contributed by atoms with E-state index < -0.39 is 23.9 Å². The summed E-state index contributed by atoms with van der Waals surface area (Å²) < 4.78 is 36.1. The maximum absolute atomic E-state index is 15.4. The van der Waals surface area contributed by atoms with Crippen LogP contribution in [-0.4, -0.2) is 51.6 Å². The Morgan fingerprint density at radius 1 is 1.16 bits per heavy atom. The summed E-state index contributed by atoms with van der Waals surface area (Å²) in [4.78, 5) is 36.8. The number of hydrogen-bond acceptors (Lipinski definition) is 5. The Labute approximate surface area is 213 Å². The molecule has 2 aliphatic carbocycles. The van der Waals surface area contributed by atoms with E-state index in [1.54, 1.807) is 32.9 Å². The van der Waals surface area contributed by atoms with Gasteiger partial charge in [-0.1, -0.05) is 13.0 Å². The standard InChI is InChI=1S/C27H31F2N5O3/c1-4-20(35)33-16-9-17(28)18(10-16)34-27(36)21-14(3)32-26-24(21)30-12-31-25(26)22-19(37-11-15-6-7-15)8-5-13(2)23(22)29/h5,8,12,15-18,32H,4,6-7,9-11H2,1-3H3,(H,33,35)(H,34,36)/t16-,17+,18+/m0/s1. The van der Waals surface area contributed by atoms with E-state index in [1.807, 2.05) is 0 Å². The van der Waals surface area contributed by atoms with Gasteiger partial charge in [0.05, 0.1) is 29.3 Å². The zero-order chi connectivity index (χ0) is 26.3. The van der Waals surface area contributed by atoms with Crippen LogP contribution in [0.4, 0.5) is 8.78 Å². The molecule has 0 aliphatic heterocycles. The van der Waals surface area contributed by atoms with Gasteiger partial charge in [0.25, 0.3) is 5.91 Å². The summed E-state index contributed by atoms with van der Waals surface area (Å²) in [5, 5.41) is 5.57. The Balaban J connectivity index is 1.45. The minimum absolute atomic E-state index is 0.145. The minimum atomic E-state index is -1.28. The molecular weight excluding hydrogens is 480 g/mol. The lowest BCUT2D eigenvalue weighted by Crippen LogP contribution is -2.39. The van der Waals surface area contributed by atoms with Crippen LogP contribution in [0.5, 0.6) is 5.75 Å². The molecule has 8 nitrogen and oxygen atoms in total. The van der Waals surface area contributed by atoms with Crippen molar-refractivity contribution in [2.24, 2.45) is 5.92 Å². The smallest absolute Gasteiger partial charge is 0.255 e. The number of aromatic amines is 1. The minimum Gasteiger partial charge on any atom is -0.492 e. The number of aromatic nitrogens is 3. The fourth-order valence-electron chi connectivity index (χ4n) is 4.91. The second kappa shape index (κ2) is 10.1. The first-order valence-corrected chi connectivity index (χ1v) is 12.8. The molecule has 0 saturated heterocycles. The summed E-state index contributed by atoms with van der Waals surface area (Å²) in [6.45, 7) is 5.62. The predicted molar refractivity (Wildman–Crippen MR) is 135 cm³/mol. The van der Waals surface area contributed by atoms with Crippen LogP contribution in [0.25, 0.3) is 22.3 Å². The molecule has 10 heteroatoms.